The molecular formula is C22H31FO4. The van der Waals surface area contributed by atoms with Crippen molar-refractivity contribution >= 4 is 11.6 Å². The van der Waals surface area contributed by atoms with E-state index in [1.807, 2.05) is 13.0 Å². The molecule has 4 nitrogen and oxygen atoms in total. The van der Waals surface area contributed by atoms with Crippen LogP contribution in [-0.2, 0) is 9.59 Å². The van der Waals surface area contributed by atoms with Crippen molar-refractivity contribution in [2.45, 2.75) is 71.0 Å². The minimum atomic E-state index is -1.68. The molecule has 1 unspecified atom stereocenters. The number of halogens is 1. The predicted octanol–water partition coefficient (Wildman–Crippen LogP) is 3.00. The Balaban J connectivity index is 1.77. The molecule has 4 aliphatic carbocycles. The second-order valence-electron chi connectivity index (χ2n) is 10.1. The number of hydrogen-bond donors (Lipinski definition) is 2. The number of carbonyl (C=O) groups is 2. The average Bonchev–Trinajstić information content (AvgIpc) is 2.87. The van der Waals surface area contributed by atoms with Gasteiger partial charge in [0.1, 0.15) is 5.60 Å². The maximum atomic E-state index is 13.2. The standard InChI is InChI=1S/C22H31FO4/c1-12-8-14-15-5-7-22(27,18(26)11-23)21(15,3)10-17(25)19(14)20(2)6-4-13(24)9-16(12)20/h9,12,14-15,17,19,25,27H,4-8,10-11H2,1-3H3/t12?,14-,15-,17-,19+,20-,21-,22-/m0/s1. The van der Waals surface area contributed by atoms with Gasteiger partial charge in [-0.1, -0.05) is 26.3 Å². The highest BCUT2D eigenvalue weighted by Crippen LogP contribution is 2.68. The number of carbonyl (C=O) groups excluding carboxylic acids is 2. The summed E-state index contributed by atoms with van der Waals surface area (Å²) in [5.74, 6) is -0.0475. The Bertz CT molecular complexity index is 717. The molecule has 0 saturated heterocycles. The minimum absolute atomic E-state index is 0.0222. The number of allylic oxidation sites excluding steroid dienone is 1. The molecule has 0 bridgehead atoms. The minimum Gasteiger partial charge on any atom is -0.393 e. The van der Waals surface area contributed by atoms with E-state index in [0.717, 1.165) is 18.4 Å². The van der Waals surface area contributed by atoms with E-state index < -0.39 is 29.6 Å². The quantitative estimate of drug-likeness (QED) is 0.775. The molecule has 4 aliphatic rings. The van der Waals surface area contributed by atoms with Gasteiger partial charge in [-0.3, -0.25) is 9.59 Å². The number of aliphatic hydroxyl groups excluding tert-OH is 1. The lowest BCUT2D eigenvalue weighted by Gasteiger charge is -2.61. The van der Waals surface area contributed by atoms with Crippen LogP contribution in [0.5, 0.6) is 0 Å². The zero-order valence-electron chi connectivity index (χ0n) is 16.5. The zero-order chi connectivity index (χ0) is 19.8. The van der Waals surface area contributed by atoms with Crippen LogP contribution in [0, 0.1) is 34.5 Å². The highest BCUT2D eigenvalue weighted by Gasteiger charge is 2.68. The lowest BCUT2D eigenvalue weighted by Crippen LogP contribution is -2.62. The zero-order valence-corrected chi connectivity index (χ0v) is 16.5. The van der Waals surface area contributed by atoms with Gasteiger partial charge in [-0.05, 0) is 67.3 Å². The molecule has 3 saturated carbocycles. The lowest BCUT2D eigenvalue weighted by molar-refractivity contribution is -0.183. The van der Waals surface area contributed by atoms with E-state index in [2.05, 4.69) is 13.8 Å². The van der Waals surface area contributed by atoms with Crippen LogP contribution in [0.15, 0.2) is 11.6 Å². The maximum Gasteiger partial charge on any atom is 0.195 e. The van der Waals surface area contributed by atoms with E-state index >= 15 is 0 Å². The molecule has 0 aromatic carbocycles. The number of fused-ring (bicyclic) bond motifs is 5. The Morgan fingerprint density at radius 1 is 1.33 bits per heavy atom. The summed E-state index contributed by atoms with van der Waals surface area (Å²) >= 11 is 0. The van der Waals surface area contributed by atoms with Crippen LogP contribution in [-0.4, -0.2) is 40.2 Å². The van der Waals surface area contributed by atoms with Crippen molar-refractivity contribution in [3.63, 3.8) is 0 Å². The van der Waals surface area contributed by atoms with Crippen molar-refractivity contribution in [1.82, 2.24) is 0 Å². The maximum absolute atomic E-state index is 13.2. The third-order valence-corrected chi connectivity index (χ3v) is 8.95. The fourth-order valence-corrected chi connectivity index (χ4v) is 7.69. The monoisotopic (exact) mass is 378 g/mol. The number of ketones is 2. The molecule has 3 fully saturated rings. The smallest absolute Gasteiger partial charge is 0.195 e. The molecule has 0 heterocycles. The Morgan fingerprint density at radius 3 is 2.70 bits per heavy atom. The van der Waals surface area contributed by atoms with Gasteiger partial charge in [0.25, 0.3) is 0 Å². The summed E-state index contributed by atoms with van der Waals surface area (Å²) in [5.41, 5.74) is -1.53. The Morgan fingerprint density at radius 2 is 2.04 bits per heavy atom. The molecule has 4 rings (SSSR count). The van der Waals surface area contributed by atoms with E-state index in [1.54, 1.807) is 0 Å². The second kappa shape index (κ2) is 5.96. The summed E-state index contributed by atoms with van der Waals surface area (Å²) in [6, 6.07) is 0. The summed E-state index contributed by atoms with van der Waals surface area (Å²) in [4.78, 5) is 24.3. The van der Waals surface area contributed by atoms with E-state index in [-0.39, 0.29) is 41.3 Å². The molecule has 0 radical (unpaired) electrons. The Hall–Kier alpha value is -1.07. The van der Waals surface area contributed by atoms with Crippen molar-refractivity contribution in [2.24, 2.45) is 34.5 Å². The summed E-state index contributed by atoms with van der Waals surface area (Å²) in [6.45, 7) is 5.04. The van der Waals surface area contributed by atoms with Gasteiger partial charge in [0, 0.05) is 11.8 Å². The van der Waals surface area contributed by atoms with Gasteiger partial charge in [0.15, 0.2) is 18.2 Å². The summed E-state index contributed by atoms with van der Waals surface area (Å²) in [6.07, 6.45) is 4.52. The lowest BCUT2D eigenvalue weighted by atomic mass is 9.44. The molecule has 150 valence electrons. The summed E-state index contributed by atoms with van der Waals surface area (Å²) < 4.78 is 13.2. The van der Waals surface area contributed by atoms with Gasteiger partial charge >= 0.3 is 0 Å². The fourth-order valence-electron chi connectivity index (χ4n) is 7.69. The molecule has 5 heteroatoms. The van der Waals surface area contributed by atoms with Crippen LogP contribution in [0.1, 0.15) is 59.3 Å². The van der Waals surface area contributed by atoms with Gasteiger partial charge in [0.2, 0.25) is 0 Å². The number of hydrogen-bond acceptors (Lipinski definition) is 4. The SMILES string of the molecule is CC1C[C@@H]2[C@H]([C@@H](O)C[C@@]3(C)[C@H]2CC[C@]3(O)C(=O)CF)[C@@]2(C)CCC(=O)C=C12. The number of aliphatic hydroxyl groups is 2. The number of rotatable bonds is 2. The molecule has 27 heavy (non-hydrogen) atoms. The molecule has 2 N–H and O–H groups in total. The second-order valence-corrected chi connectivity index (χ2v) is 10.1. The highest BCUT2D eigenvalue weighted by atomic mass is 19.1. The van der Waals surface area contributed by atoms with Crippen LogP contribution < -0.4 is 0 Å². The van der Waals surface area contributed by atoms with Crippen LogP contribution in [0.4, 0.5) is 4.39 Å². The van der Waals surface area contributed by atoms with Crippen molar-refractivity contribution in [1.29, 1.82) is 0 Å². The summed E-state index contributed by atoms with van der Waals surface area (Å²) in [7, 11) is 0. The van der Waals surface area contributed by atoms with Crippen LogP contribution in [0.3, 0.4) is 0 Å². The highest BCUT2D eigenvalue weighted by molar-refractivity contribution is 5.92. The Labute approximate surface area is 160 Å². The van der Waals surface area contributed by atoms with Gasteiger partial charge in [0.05, 0.1) is 6.10 Å². The third-order valence-electron chi connectivity index (χ3n) is 8.95. The van der Waals surface area contributed by atoms with Crippen LogP contribution >= 0.6 is 0 Å². The molecule has 8 atom stereocenters. The Kier molecular flexibility index (Phi) is 4.25. The van der Waals surface area contributed by atoms with Crippen LogP contribution in [0.2, 0.25) is 0 Å². The van der Waals surface area contributed by atoms with E-state index in [0.29, 0.717) is 19.3 Å². The van der Waals surface area contributed by atoms with Crippen molar-refractivity contribution in [3.05, 3.63) is 11.6 Å². The van der Waals surface area contributed by atoms with E-state index in [9.17, 15) is 24.2 Å². The van der Waals surface area contributed by atoms with Gasteiger partial charge < -0.3 is 10.2 Å². The van der Waals surface area contributed by atoms with Gasteiger partial charge in [-0.15, -0.1) is 0 Å². The molecule has 0 aromatic rings. The number of alkyl halides is 1. The molecule has 0 aliphatic heterocycles. The first-order chi connectivity index (χ1) is 12.6. The van der Waals surface area contributed by atoms with Crippen molar-refractivity contribution < 1.29 is 24.2 Å². The average molecular weight is 378 g/mol. The first-order valence-electron chi connectivity index (χ1n) is 10.3. The van der Waals surface area contributed by atoms with E-state index in [4.69, 9.17) is 0 Å². The first-order valence-corrected chi connectivity index (χ1v) is 10.3. The predicted molar refractivity (Wildman–Crippen MR) is 98.6 cm³/mol. The third kappa shape index (κ3) is 2.33. The van der Waals surface area contributed by atoms with Crippen molar-refractivity contribution in [3.8, 4) is 0 Å². The number of Topliss-reactive ketones (excluding diaryl/α,β-unsaturated/α-hetero) is 1. The topological polar surface area (TPSA) is 74.6 Å². The molecular weight excluding hydrogens is 347 g/mol. The summed E-state index contributed by atoms with van der Waals surface area (Å²) in [5, 5.41) is 22.4. The van der Waals surface area contributed by atoms with Gasteiger partial charge in [-0.25, -0.2) is 4.39 Å². The normalized spacial score (nSPS) is 51.9. The first kappa shape index (κ1) is 19.3. The molecule has 0 spiro atoms. The van der Waals surface area contributed by atoms with Gasteiger partial charge in [-0.2, -0.15) is 0 Å². The van der Waals surface area contributed by atoms with Crippen LogP contribution in [0.25, 0.3) is 0 Å². The van der Waals surface area contributed by atoms with Crippen molar-refractivity contribution in [2.75, 3.05) is 6.67 Å². The largest absolute Gasteiger partial charge is 0.393 e. The molecule has 0 amide bonds. The molecule has 0 aromatic heterocycles. The fraction of sp³-hybridized carbons (Fsp3) is 0.818. The van der Waals surface area contributed by atoms with E-state index in [1.165, 1.54) is 0 Å².